The molecule has 2 aromatic carbocycles. The van der Waals surface area contributed by atoms with Crippen molar-refractivity contribution in [3.8, 4) is 11.5 Å². The third kappa shape index (κ3) is 5.20. The van der Waals surface area contributed by atoms with Crippen LogP contribution in [0.5, 0.6) is 0 Å². The summed E-state index contributed by atoms with van der Waals surface area (Å²) in [5, 5.41) is 9.01. The Morgan fingerprint density at radius 3 is 2.45 bits per heavy atom. The lowest BCUT2D eigenvalue weighted by atomic mass is 10.1. The minimum absolute atomic E-state index is 0.0420. The van der Waals surface area contributed by atoms with Crippen molar-refractivity contribution in [2.24, 2.45) is 0 Å². The quantitative estimate of drug-likeness (QED) is 0.502. The molecular formula is C21H18F3NO3S. The average Bonchev–Trinajstić information content (AvgIpc) is 3.02. The van der Waals surface area contributed by atoms with Gasteiger partial charge in [0.05, 0.1) is 23.4 Å². The topological polar surface area (TPSA) is 63.3 Å². The second-order valence-electron chi connectivity index (χ2n) is 6.55. The highest BCUT2D eigenvalue weighted by Gasteiger charge is 2.30. The molecule has 0 aliphatic rings. The van der Waals surface area contributed by atoms with Gasteiger partial charge in [-0.1, -0.05) is 6.07 Å². The molecule has 0 aliphatic heterocycles. The zero-order valence-electron chi connectivity index (χ0n) is 15.7. The Morgan fingerprint density at radius 1 is 1.14 bits per heavy atom. The molecule has 1 N–H and O–H groups in total. The summed E-state index contributed by atoms with van der Waals surface area (Å²) in [4.78, 5) is 16.2. The molecule has 152 valence electrons. The number of carbonyl (C=O) groups is 1. The van der Waals surface area contributed by atoms with E-state index in [0.717, 1.165) is 28.2 Å². The highest BCUT2D eigenvalue weighted by atomic mass is 32.2. The van der Waals surface area contributed by atoms with Crippen molar-refractivity contribution in [2.75, 3.05) is 0 Å². The lowest BCUT2D eigenvalue weighted by Gasteiger charge is -2.07. The number of oxazole rings is 1. The summed E-state index contributed by atoms with van der Waals surface area (Å²) < 4.78 is 43.9. The summed E-state index contributed by atoms with van der Waals surface area (Å²) in [5.41, 5.74) is 2.07. The van der Waals surface area contributed by atoms with Crippen LogP contribution in [0.25, 0.3) is 11.5 Å². The van der Waals surface area contributed by atoms with Crippen molar-refractivity contribution in [2.45, 2.75) is 37.1 Å². The Hall–Kier alpha value is -2.74. The van der Waals surface area contributed by atoms with Crippen LogP contribution in [-0.2, 0) is 23.1 Å². The Kier molecular flexibility index (Phi) is 6.02. The molecule has 3 aromatic rings. The van der Waals surface area contributed by atoms with Crippen molar-refractivity contribution >= 4 is 17.7 Å². The van der Waals surface area contributed by atoms with Crippen LogP contribution in [0.4, 0.5) is 13.2 Å². The number of alkyl halides is 3. The zero-order valence-corrected chi connectivity index (χ0v) is 16.5. The van der Waals surface area contributed by atoms with Gasteiger partial charge in [-0.15, -0.1) is 11.8 Å². The number of aromatic nitrogens is 1. The van der Waals surface area contributed by atoms with E-state index in [9.17, 15) is 18.0 Å². The van der Waals surface area contributed by atoms with Gasteiger partial charge in [-0.25, -0.2) is 4.98 Å². The Labute approximate surface area is 169 Å². The Morgan fingerprint density at radius 2 is 1.83 bits per heavy atom. The molecule has 0 fully saturated rings. The van der Waals surface area contributed by atoms with Crippen LogP contribution < -0.4 is 0 Å². The highest BCUT2D eigenvalue weighted by Crippen LogP contribution is 2.32. The zero-order chi connectivity index (χ0) is 21.2. The normalized spacial score (nSPS) is 11.6. The number of rotatable bonds is 6. The van der Waals surface area contributed by atoms with Gasteiger partial charge in [-0.2, -0.15) is 13.2 Å². The maximum absolute atomic E-state index is 12.7. The van der Waals surface area contributed by atoms with Gasteiger partial charge in [-0.05, 0) is 61.4 Å². The van der Waals surface area contributed by atoms with Crippen molar-refractivity contribution in [1.29, 1.82) is 0 Å². The molecule has 1 heterocycles. The van der Waals surface area contributed by atoms with Crippen LogP contribution in [0.2, 0.25) is 0 Å². The first-order valence-electron chi connectivity index (χ1n) is 8.71. The van der Waals surface area contributed by atoms with Crippen LogP contribution in [0.1, 0.15) is 28.1 Å². The number of carboxylic acids is 1. The van der Waals surface area contributed by atoms with Crippen molar-refractivity contribution in [3.63, 3.8) is 0 Å². The van der Waals surface area contributed by atoms with E-state index in [1.54, 1.807) is 6.92 Å². The van der Waals surface area contributed by atoms with E-state index in [0.29, 0.717) is 22.8 Å². The Balaban J connectivity index is 1.74. The maximum atomic E-state index is 12.7. The number of thioether (sulfide) groups is 1. The third-order valence-electron chi connectivity index (χ3n) is 4.38. The second-order valence-corrected chi connectivity index (χ2v) is 7.60. The van der Waals surface area contributed by atoms with Gasteiger partial charge >= 0.3 is 12.1 Å². The molecule has 1 aromatic heterocycles. The molecule has 0 saturated carbocycles. The third-order valence-corrected chi connectivity index (χ3v) is 5.38. The summed E-state index contributed by atoms with van der Waals surface area (Å²) in [5.74, 6) is 0.463. The number of aliphatic carboxylic acids is 1. The predicted octanol–water partition coefficient (Wildman–Crippen LogP) is 5.90. The molecule has 0 unspecified atom stereocenters. The first-order chi connectivity index (χ1) is 13.6. The summed E-state index contributed by atoms with van der Waals surface area (Å²) >= 11 is 1.48. The fourth-order valence-electron chi connectivity index (χ4n) is 2.73. The van der Waals surface area contributed by atoms with Crippen LogP contribution in [-0.4, -0.2) is 16.1 Å². The molecule has 0 bridgehead atoms. The van der Waals surface area contributed by atoms with Gasteiger partial charge in [0.1, 0.15) is 5.76 Å². The molecule has 8 heteroatoms. The van der Waals surface area contributed by atoms with Gasteiger partial charge in [0.2, 0.25) is 5.89 Å². The molecule has 29 heavy (non-hydrogen) atoms. The fraction of sp³-hybridized carbons (Fsp3) is 0.238. The van der Waals surface area contributed by atoms with Crippen LogP contribution in [0.15, 0.2) is 51.8 Å². The SMILES string of the molecule is Cc1ccc(SCc2oc(-c3ccc(C(F)(F)F)cc3)nc2C)cc1CC(=O)O. The number of hydrogen-bond acceptors (Lipinski definition) is 4. The summed E-state index contributed by atoms with van der Waals surface area (Å²) in [6.07, 6.45) is -4.43. The van der Waals surface area contributed by atoms with E-state index in [2.05, 4.69) is 4.98 Å². The molecular weight excluding hydrogens is 403 g/mol. The minimum atomic E-state index is -4.39. The number of carboxylic acid groups (broad SMARTS) is 1. The lowest BCUT2D eigenvalue weighted by Crippen LogP contribution is -2.03. The average molecular weight is 421 g/mol. The smallest absolute Gasteiger partial charge is 0.416 e. The monoisotopic (exact) mass is 421 g/mol. The van der Waals surface area contributed by atoms with Crippen molar-refractivity contribution in [1.82, 2.24) is 4.98 Å². The van der Waals surface area contributed by atoms with Crippen LogP contribution in [0, 0.1) is 13.8 Å². The number of halogens is 3. The largest absolute Gasteiger partial charge is 0.481 e. The standard InChI is InChI=1S/C21H18F3NO3S/c1-12-3-8-17(9-15(12)10-19(26)27)29-11-18-13(2)25-20(28-18)14-4-6-16(7-5-14)21(22,23)24/h3-9H,10-11H2,1-2H3,(H,26,27). The van der Waals surface area contributed by atoms with E-state index < -0.39 is 17.7 Å². The molecule has 0 aliphatic carbocycles. The summed E-state index contributed by atoms with van der Waals surface area (Å²) in [7, 11) is 0. The minimum Gasteiger partial charge on any atom is -0.481 e. The number of aryl methyl sites for hydroxylation is 2. The van der Waals surface area contributed by atoms with E-state index >= 15 is 0 Å². The molecule has 0 atom stereocenters. The predicted molar refractivity (Wildman–Crippen MR) is 104 cm³/mol. The second kappa shape index (κ2) is 8.32. The summed E-state index contributed by atoms with van der Waals surface area (Å²) in [6, 6.07) is 10.3. The lowest BCUT2D eigenvalue weighted by molar-refractivity contribution is -0.138. The van der Waals surface area contributed by atoms with E-state index in [1.165, 1.54) is 23.9 Å². The molecule has 4 nitrogen and oxygen atoms in total. The number of hydrogen-bond donors (Lipinski definition) is 1. The van der Waals surface area contributed by atoms with E-state index in [1.807, 2.05) is 25.1 Å². The molecule has 0 spiro atoms. The fourth-order valence-corrected chi connectivity index (χ4v) is 3.68. The van der Waals surface area contributed by atoms with Gasteiger partial charge in [-0.3, -0.25) is 4.79 Å². The van der Waals surface area contributed by atoms with Gasteiger partial charge in [0.25, 0.3) is 0 Å². The highest BCUT2D eigenvalue weighted by molar-refractivity contribution is 7.98. The van der Waals surface area contributed by atoms with Gasteiger partial charge in [0.15, 0.2) is 0 Å². The van der Waals surface area contributed by atoms with Crippen LogP contribution >= 0.6 is 11.8 Å². The first-order valence-corrected chi connectivity index (χ1v) is 9.70. The van der Waals surface area contributed by atoms with Gasteiger partial charge < -0.3 is 9.52 Å². The van der Waals surface area contributed by atoms with Crippen LogP contribution in [0.3, 0.4) is 0 Å². The maximum Gasteiger partial charge on any atom is 0.416 e. The number of benzene rings is 2. The van der Waals surface area contributed by atoms with E-state index in [4.69, 9.17) is 9.52 Å². The first kappa shape index (κ1) is 21.0. The Bertz CT molecular complexity index is 1030. The molecule has 0 amide bonds. The van der Waals surface area contributed by atoms with Gasteiger partial charge in [0, 0.05) is 10.5 Å². The molecule has 3 rings (SSSR count). The van der Waals surface area contributed by atoms with Crippen molar-refractivity contribution < 1.29 is 27.5 Å². The van der Waals surface area contributed by atoms with E-state index in [-0.39, 0.29) is 12.3 Å². The number of nitrogens with zero attached hydrogens (tertiary/aromatic N) is 1. The summed E-state index contributed by atoms with van der Waals surface area (Å²) in [6.45, 7) is 3.64. The molecule has 0 radical (unpaired) electrons. The van der Waals surface area contributed by atoms with Crippen molar-refractivity contribution in [3.05, 3.63) is 70.6 Å². The molecule has 0 saturated heterocycles.